The summed E-state index contributed by atoms with van der Waals surface area (Å²) in [7, 11) is 3.02. The second-order valence-corrected chi connectivity index (χ2v) is 6.21. The Hall–Kier alpha value is -2.74. The predicted octanol–water partition coefficient (Wildman–Crippen LogP) is 3.12. The van der Waals surface area contributed by atoms with Crippen LogP contribution >= 0.6 is 15.9 Å². The van der Waals surface area contributed by atoms with Gasteiger partial charge in [-0.1, -0.05) is 12.1 Å². The first-order valence-electron chi connectivity index (χ1n) is 7.75. The van der Waals surface area contributed by atoms with Crippen molar-refractivity contribution < 1.29 is 19.4 Å². The van der Waals surface area contributed by atoms with Crippen LogP contribution in [0.25, 0.3) is 0 Å². The van der Waals surface area contributed by atoms with Gasteiger partial charge < -0.3 is 19.9 Å². The topological polar surface area (TPSA) is 92.2 Å². The fraction of sp³-hybridized carbons (Fsp3) is 0.222. The van der Waals surface area contributed by atoms with E-state index >= 15 is 0 Å². The van der Waals surface area contributed by atoms with Crippen LogP contribution in [-0.4, -0.2) is 37.5 Å². The van der Waals surface area contributed by atoms with Crippen LogP contribution in [0.15, 0.2) is 46.0 Å². The molecule has 1 unspecified atom stereocenters. The van der Waals surface area contributed by atoms with Crippen LogP contribution in [0, 0.1) is 0 Å². The number of hydrogen-bond acceptors (Lipinski definition) is 6. The zero-order valence-corrected chi connectivity index (χ0v) is 16.2. The summed E-state index contributed by atoms with van der Waals surface area (Å²) in [6.45, 7) is 1.72. The summed E-state index contributed by atoms with van der Waals surface area (Å²) in [6, 6.07) is 10.1. The Bertz CT molecular complexity index is 811. The Labute approximate surface area is 160 Å². The quantitative estimate of drug-likeness (QED) is 0.471. The summed E-state index contributed by atoms with van der Waals surface area (Å²) < 4.78 is 10.8. The summed E-state index contributed by atoms with van der Waals surface area (Å²) in [4.78, 5) is 12.2. The highest BCUT2D eigenvalue weighted by Crippen LogP contribution is 2.34. The smallest absolute Gasteiger partial charge is 0.262 e. The number of hydrogen-bond donors (Lipinski definition) is 3. The van der Waals surface area contributed by atoms with Crippen molar-refractivity contribution in [2.45, 2.75) is 13.0 Å². The zero-order valence-electron chi connectivity index (χ0n) is 14.6. The molecule has 0 bridgehead atoms. The van der Waals surface area contributed by atoms with E-state index in [2.05, 4.69) is 31.8 Å². The Morgan fingerprint density at radius 1 is 1.23 bits per heavy atom. The second-order valence-electron chi connectivity index (χ2n) is 5.35. The molecule has 2 aromatic carbocycles. The van der Waals surface area contributed by atoms with Gasteiger partial charge in [0.2, 0.25) is 0 Å². The molecule has 0 fully saturated rings. The van der Waals surface area contributed by atoms with Crippen molar-refractivity contribution in [1.82, 2.24) is 5.43 Å². The number of amides is 1. The van der Waals surface area contributed by atoms with E-state index in [4.69, 9.17) is 9.47 Å². The Balaban J connectivity index is 1.99. The lowest BCUT2D eigenvalue weighted by Gasteiger charge is -2.15. The van der Waals surface area contributed by atoms with E-state index in [9.17, 15) is 9.90 Å². The van der Waals surface area contributed by atoms with Gasteiger partial charge in [-0.15, -0.1) is 0 Å². The Kier molecular flexibility index (Phi) is 6.85. The number of methoxy groups -OCH3 is 2. The average molecular weight is 422 g/mol. The molecule has 0 aliphatic rings. The summed E-state index contributed by atoms with van der Waals surface area (Å²) in [5.41, 5.74) is 3.84. The SMILES string of the molecule is COc1ccccc1NC(C)C(=O)NN=Cc1cc(Br)c(O)c(OC)c1. The molecular formula is C18H20BrN3O4. The zero-order chi connectivity index (χ0) is 19.1. The first-order valence-corrected chi connectivity index (χ1v) is 8.54. The van der Waals surface area contributed by atoms with Crippen LogP contribution in [0.4, 0.5) is 5.69 Å². The second kappa shape index (κ2) is 9.10. The van der Waals surface area contributed by atoms with Gasteiger partial charge >= 0.3 is 0 Å². The van der Waals surface area contributed by atoms with Gasteiger partial charge in [0.05, 0.1) is 30.6 Å². The average Bonchev–Trinajstić information content (AvgIpc) is 2.64. The fourth-order valence-electron chi connectivity index (χ4n) is 2.15. The van der Waals surface area contributed by atoms with E-state index in [1.165, 1.54) is 13.3 Å². The lowest BCUT2D eigenvalue weighted by molar-refractivity contribution is -0.121. The molecule has 2 aromatic rings. The summed E-state index contributed by atoms with van der Waals surface area (Å²) in [5, 5.41) is 16.8. The van der Waals surface area contributed by atoms with E-state index in [1.54, 1.807) is 32.2 Å². The minimum absolute atomic E-state index is 0.00307. The van der Waals surface area contributed by atoms with E-state index in [0.29, 0.717) is 27.2 Å². The molecule has 138 valence electrons. The Morgan fingerprint density at radius 3 is 2.62 bits per heavy atom. The number of halogens is 1. The van der Waals surface area contributed by atoms with Crippen molar-refractivity contribution in [3.63, 3.8) is 0 Å². The maximum absolute atomic E-state index is 12.2. The molecule has 0 spiro atoms. The van der Waals surface area contributed by atoms with Gasteiger partial charge in [0.1, 0.15) is 11.8 Å². The number of benzene rings is 2. The largest absolute Gasteiger partial charge is 0.503 e. The van der Waals surface area contributed by atoms with E-state index in [1.807, 2.05) is 18.2 Å². The third-order valence-corrected chi connectivity index (χ3v) is 4.14. The van der Waals surface area contributed by atoms with E-state index in [-0.39, 0.29) is 11.7 Å². The maximum Gasteiger partial charge on any atom is 0.262 e. The molecule has 8 heteroatoms. The molecule has 2 rings (SSSR count). The summed E-state index contributed by atoms with van der Waals surface area (Å²) in [5.74, 6) is 0.648. The monoisotopic (exact) mass is 421 g/mol. The van der Waals surface area contributed by atoms with Gasteiger partial charge in [-0.25, -0.2) is 5.43 Å². The normalized spacial score (nSPS) is 11.8. The van der Waals surface area contributed by atoms with Crippen LogP contribution in [0.3, 0.4) is 0 Å². The molecule has 0 heterocycles. The van der Waals surface area contributed by atoms with E-state index in [0.717, 1.165) is 0 Å². The number of aromatic hydroxyl groups is 1. The highest BCUT2D eigenvalue weighted by molar-refractivity contribution is 9.10. The van der Waals surface area contributed by atoms with E-state index < -0.39 is 6.04 Å². The lowest BCUT2D eigenvalue weighted by atomic mass is 10.2. The summed E-state index contributed by atoms with van der Waals surface area (Å²) >= 11 is 3.23. The molecule has 0 saturated heterocycles. The van der Waals surface area contributed by atoms with Crippen LogP contribution in [0.2, 0.25) is 0 Å². The van der Waals surface area contributed by atoms with Crippen LogP contribution in [-0.2, 0) is 4.79 Å². The van der Waals surface area contributed by atoms with Crippen LogP contribution in [0.1, 0.15) is 12.5 Å². The highest BCUT2D eigenvalue weighted by atomic mass is 79.9. The van der Waals surface area contributed by atoms with Gasteiger partial charge in [0.15, 0.2) is 11.5 Å². The lowest BCUT2D eigenvalue weighted by Crippen LogP contribution is -2.35. The van der Waals surface area contributed by atoms with Crippen molar-refractivity contribution in [2.24, 2.45) is 5.10 Å². The molecule has 7 nitrogen and oxygen atoms in total. The fourth-order valence-corrected chi connectivity index (χ4v) is 2.61. The number of nitrogens with one attached hydrogen (secondary N) is 2. The van der Waals surface area contributed by atoms with Crippen molar-refractivity contribution in [1.29, 1.82) is 0 Å². The van der Waals surface area contributed by atoms with Gasteiger partial charge in [-0.2, -0.15) is 5.10 Å². The summed E-state index contributed by atoms with van der Waals surface area (Å²) in [6.07, 6.45) is 1.46. The third-order valence-electron chi connectivity index (χ3n) is 3.53. The minimum atomic E-state index is -0.524. The number of carbonyl (C=O) groups is 1. The molecular weight excluding hydrogens is 402 g/mol. The molecule has 0 aliphatic carbocycles. The molecule has 0 aromatic heterocycles. The van der Waals surface area contributed by atoms with Crippen molar-refractivity contribution >= 4 is 33.7 Å². The van der Waals surface area contributed by atoms with Gasteiger partial charge in [0, 0.05) is 0 Å². The predicted molar refractivity (Wildman–Crippen MR) is 104 cm³/mol. The molecule has 0 aliphatic heterocycles. The van der Waals surface area contributed by atoms with Crippen molar-refractivity contribution in [2.75, 3.05) is 19.5 Å². The van der Waals surface area contributed by atoms with Crippen LogP contribution in [0.5, 0.6) is 17.2 Å². The van der Waals surface area contributed by atoms with Crippen molar-refractivity contribution in [3.05, 3.63) is 46.4 Å². The first kappa shape index (κ1) is 19.6. The number of nitrogens with zero attached hydrogens (tertiary/aromatic N) is 1. The van der Waals surface area contributed by atoms with Crippen LogP contribution < -0.4 is 20.2 Å². The van der Waals surface area contributed by atoms with Gasteiger partial charge in [-0.3, -0.25) is 4.79 Å². The Morgan fingerprint density at radius 2 is 1.92 bits per heavy atom. The van der Waals surface area contributed by atoms with Gasteiger partial charge in [0.25, 0.3) is 5.91 Å². The van der Waals surface area contributed by atoms with Crippen molar-refractivity contribution in [3.8, 4) is 17.2 Å². The minimum Gasteiger partial charge on any atom is -0.503 e. The molecule has 0 saturated carbocycles. The molecule has 1 amide bonds. The maximum atomic E-state index is 12.2. The molecule has 1 atom stereocenters. The first-order chi connectivity index (χ1) is 12.5. The molecule has 0 radical (unpaired) electrons. The number of hydrazone groups is 1. The highest BCUT2D eigenvalue weighted by Gasteiger charge is 2.14. The number of phenolic OH excluding ortho intramolecular Hbond substituents is 1. The standard InChI is InChI=1S/C18H20BrN3O4/c1-11(21-14-6-4-5-7-15(14)25-2)18(24)22-20-10-12-8-13(19)17(23)16(9-12)26-3/h4-11,21,23H,1-3H3,(H,22,24). The number of carbonyl (C=O) groups excluding carboxylic acids is 1. The molecule has 26 heavy (non-hydrogen) atoms. The number of anilines is 1. The number of ether oxygens (including phenoxy) is 2. The number of phenols is 1. The number of para-hydroxylation sites is 2. The van der Waals surface area contributed by atoms with Gasteiger partial charge in [-0.05, 0) is 52.7 Å². The third kappa shape index (κ3) is 4.89. The molecule has 3 N–H and O–H groups in total. The number of rotatable bonds is 7.